The van der Waals surface area contributed by atoms with Crippen LogP contribution in [0, 0.1) is 0 Å². The van der Waals surface area contributed by atoms with Gasteiger partial charge in [-0.15, -0.1) is 0 Å². The molecule has 2 rings (SSSR count). The molecule has 1 aromatic rings. The molecule has 0 saturated carbocycles. The first kappa shape index (κ1) is 7.32. The Morgan fingerprint density at radius 2 is 2.19 bits per heavy atom. The Labute approximate surface area is 101 Å². The summed E-state index contributed by atoms with van der Waals surface area (Å²) in [5.74, 6) is -0.266. The predicted octanol–water partition coefficient (Wildman–Crippen LogP) is 0.272. The van der Waals surface area contributed by atoms with Crippen LogP contribution in [0.25, 0.3) is 0 Å². The minimum Gasteiger partial charge on any atom is -0.465 e. The maximum Gasteiger partial charge on any atom is 0.492 e. The molecule has 4 nitrogen and oxygen atoms in total. The average Bonchev–Trinajstić information content (AvgIpc) is 2.43. The second-order valence-electron chi connectivity index (χ2n) is 3.53. The molecule has 1 atom stereocenters. The van der Waals surface area contributed by atoms with Crippen LogP contribution in [0.5, 0.6) is 5.75 Å². The second-order valence-corrected chi connectivity index (χ2v) is 3.53. The summed E-state index contributed by atoms with van der Waals surface area (Å²) in [6.07, 6.45) is 1.74. The van der Waals surface area contributed by atoms with E-state index in [1.54, 1.807) is 0 Å². The SMILES string of the molecule is [2H]c1c([2H])c([2H])c(B(O)O)c(OC2CCCCO2)c1[2H]. The van der Waals surface area contributed by atoms with Crippen molar-refractivity contribution < 1.29 is 25.0 Å². The monoisotopic (exact) mass is 226 g/mol. The van der Waals surface area contributed by atoms with E-state index < -0.39 is 37.6 Å². The Hall–Kier alpha value is -1.04. The maximum atomic E-state index is 9.34. The summed E-state index contributed by atoms with van der Waals surface area (Å²) in [5.41, 5.74) is -0.370. The van der Waals surface area contributed by atoms with Crippen molar-refractivity contribution >= 4 is 12.6 Å². The fraction of sp³-hybridized carbons (Fsp3) is 0.455. The molecular weight excluding hydrogens is 207 g/mol. The molecule has 0 radical (unpaired) electrons. The highest BCUT2D eigenvalue weighted by Gasteiger charge is 2.20. The summed E-state index contributed by atoms with van der Waals surface area (Å²) in [6.45, 7) is 0.507. The maximum absolute atomic E-state index is 9.34. The van der Waals surface area contributed by atoms with Gasteiger partial charge >= 0.3 is 7.12 Å². The van der Waals surface area contributed by atoms with Gasteiger partial charge in [0.2, 0.25) is 0 Å². The van der Waals surface area contributed by atoms with Crippen LogP contribution in [-0.4, -0.2) is 30.1 Å². The van der Waals surface area contributed by atoms with Gasteiger partial charge < -0.3 is 19.5 Å². The van der Waals surface area contributed by atoms with Crippen LogP contribution >= 0.6 is 0 Å². The van der Waals surface area contributed by atoms with Crippen LogP contribution in [0.2, 0.25) is 0 Å². The van der Waals surface area contributed by atoms with Gasteiger partial charge in [0.1, 0.15) is 5.75 Å². The van der Waals surface area contributed by atoms with Crippen LogP contribution in [0.1, 0.15) is 24.7 Å². The molecule has 0 spiro atoms. The molecular formula is C11H15BO4. The topological polar surface area (TPSA) is 58.9 Å². The number of rotatable bonds is 3. The molecule has 1 fully saturated rings. The van der Waals surface area contributed by atoms with Crippen LogP contribution < -0.4 is 10.2 Å². The third kappa shape index (κ3) is 2.75. The fourth-order valence-electron chi connectivity index (χ4n) is 1.52. The highest BCUT2D eigenvalue weighted by molar-refractivity contribution is 6.59. The van der Waals surface area contributed by atoms with Crippen molar-refractivity contribution in [2.75, 3.05) is 6.61 Å². The zero-order valence-electron chi connectivity index (χ0n) is 12.7. The molecule has 86 valence electrons. The van der Waals surface area contributed by atoms with Crippen LogP contribution in [0.3, 0.4) is 0 Å². The second kappa shape index (κ2) is 5.34. The number of hydrogen-bond donors (Lipinski definition) is 2. The first-order chi connectivity index (χ1) is 9.43. The van der Waals surface area contributed by atoms with Gasteiger partial charge in [-0.05, 0) is 18.9 Å². The lowest BCUT2D eigenvalue weighted by atomic mass is 9.79. The van der Waals surface area contributed by atoms with Gasteiger partial charge in [0, 0.05) is 11.9 Å². The predicted molar refractivity (Wildman–Crippen MR) is 60.5 cm³/mol. The van der Waals surface area contributed by atoms with Gasteiger partial charge in [0.25, 0.3) is 0 Å². The van der Waals surface area contributed by atoms with Crippen molar-refractivity contribution in [3.8, 4) is 5.75 Å². The van der Waals surface area contributed by atoms with Crippen LogP contribution in [0.15, 0.2) is 24.2 Å². The lowest BCUT2D eigenvalue weighted by Gasteiger charge is -2.24. The summed E-state index contributed by atoms with van der Waals surface area (Å²) < 4.78 is 41.4. The Morgan fingerprint density at radius 3 is 2.88 bits per heavy atom. The molecule has 0 amide bonds. The molecule has 1 aliphatic rings. The lowest BCUT2D eigenvalue weighted by molar-refractivity contribution is -0.105. The molecule has 0 aliphatic carbocycles. The van der Waals surface area contributed by atoms with Crippen molar-refractivity contribution in [2.45, 2.75) is 25.6 Å². The van der Waals surface area contributed by atoms with E-state index in [1.807, 2.05) is 0 Å². The van der Waals surface area contributed by atoms with Crippen molar-refractivity contribution in [1.82, 2.24) is 0 Å². The third-order valence-electron chi connectivity index (χ3n) is 2.33. The number of benzene rings is 1. The summed E-state index contributed by atoms with van der Waals surface area (Å²) >= 11 is 0. The average molecular weight is 226 g/mol. The first-order valence-electron chi connectivity index (χ1n) is 7.18. The minimum atomic E-state index is -2.05. The molecule has 0 aromatic heterocycles. The third-order valence-corrected chi connectivity index (χ3v) is 2.33. The number of ether oxygens (including phenoxy) is 2. The summed E-state index contributed by atoms with van der Waals surface area (Å²) in [4.78, 5) is 0. The summed E-state index contributed by atoms with van der Waals surface area (Å²) in [6, 6.07) is -1.98. The number of hydrogen-bond acceptors (Lipinski definition) is 4. The van der Waals surface area contributed by atoms with E-state index >= 15 is 0 Å². The molecule has 1 unspecified atom stereocenters. The largest absolute Gasteiger partial charge is 0.492 e. The standard InChI is InChI=1S/C11H15BO4/c13-12(14)9-5-1-2-6-10(9)16-11-7-3-4-8-15-11/h1-2,5-6,11,13-14H,3-4,7-8H2/i1D,2D,5D,6D. The van der Waals surface area contributed by atoms with E-state index in [0.29, 0.717) is 13.0 Å². The van der Waals surface area contributed by atoms with E-state index in [4.69, 9.17) is 15.0 Å². The van der Waals surface area contributed by atoms with Crippen LogP contribution in [-0.2, 0) is 4.74 Å². The van der Waals surface area contributed by atoms with Crippen molar-refractivity contribution in [3.63, 3.8) is 0 Å². The Balaban J connectivity index is 2.43. The lowest BCUT2D eigenvalue weighted by Crippen LogP contribution is -2.34. The van der Waals surface area contributed by atoms with Gasteiger partial charge in [-0.1, -0.05) is 18.1 Å². The van der Waals surface area contributed by atoms with Gasteiger partial charge in [-0.25, -0.2) is 0 Å². The normalized spacial score (nSPS) is 24.0. The van der Waals surface area contributed by atoms with Gasteiger partial charge in [0.15, 0.2) is 6.29 Å². The van der Waals surface area contributed by atoms with E-state index in [-0.39, 0.29) is 11.2 Å². The van der Waals surface area contributed by atoms with E-state index in [2.05, 4.69) is 0 Å². The molecule has 5 heteroatoms. The van der Waals surface area contributed by atoms with E-state index in [9.17, 15) is 10.0 Å². The Bertz CT molecular complexity index is 506. The van der Waals surface area contributed by atoms with Gasteiger partial charge in [0.05, 0.1) is 12.1 Å². The van der Waals surface area contributed by atoms with E-state index in [0.717, 1.165) is 12.8 Å². The molecule has 2 N–H and O–H groups in total. The van der Waals surface area contributed by atoms with Crippen molar-refractivity contribution in [1.29, 1.82) is 0 Å². The molecule has 1 saturated heterocycles. The number of para-hydroxylation sites is 1. The highest BCUT2D eigenvalue weighted by atomic mass is 16.7. The Kier molecular flexibility index (Phi) is 2.44. The molecule has 16 heavy (non-hydrogen) atoms. The molecule has 1 aliphatic heterocycles. The zero-order valence-corrected chi connectivity index (χ0v) is 8.69. The smallest absolute Gasteiger partial charge is 0.465 e. The van der Waals surface area contributed by atoms with Gasteiger partial charge in [-0.3, -0.25) is 0 Å². The van der Waals surface area contributed by atoms with Gasteiger partial charge in [-0.2, -0.15) is 0 Å². The molecule has 1 heterocycles. The summed E-state index contributed by atoms with van der Waals surface area (Å²) in [7, 11) is -2.05. The molecule has 0 bridgehead atoms. The Morgan fingerprint density at radius 1 is 1.38 bits per heavy atom. The van der Waals surface area contributed by atoms with Crippen LogP contribution in [0.4, 0.5) is 0 Å². The van der Waals surface area contributed by atoms with Crippen molar-refractivity contribution in [2.24, 2.45) is 0 Å². The van der Waals surface area contributed by atoms with E-state index in [1.165, 1.54) is 0 Å². The first-order valence-corrected chi connectivity index (χ1v) is 5.18. The highest BCUT2D eigenvalue weighted by Crippen LogP contribution is 2.17. The zero-order chi connectivity index (χ0) is 14.9. The fourth-order valence-corrected chi connectivity index (χ4v) is 1.52. The van der Waals surface area contributed by atoms with Crippen molar-refractivity contribution in [3.05, 3.63) is 24.2 Å². The molecule has 1 aromatic carbocycles. The minimum absolute atomic E-state index is 0.266. The summed E-state index contributed by atoms with van der Waals surface area (Å²) in [5, 5.41) is 18.7. The quantitative estimate of drug-likeness (QED) is 0.726.